The summed E-state index contributed by atoms with van der Waals surface area (Å²) in [6.07, 6.45) is 2.60. The van der Waals surface area contributed by atoms with Gasteiger partial charge in [0.05, 0.1) is 5.02 Å². The summed E-state index contributed by atoms with van der Waals surface area (Å²) < 4.78 is 0. The lowest BCUT2D eigenvalue weighted by atomic mass is 9.95. The van der Waals surface area contributed by atoms with Crippen molar-refractivity contribution in [3.8, 4) is 0 Å². The third-order valence-corrected chi connectivity index (χ3v) is 5.09. The monoisotopic (exact) mass is 402 g/mol. The van der Waals surface area contributed by atoms with Crippen LogP contribution in [0, 0.1) is 5.92 Å². The van der Waals surface area contributed by atoms with Gasteiger partial charge in [0.2, 0.25) is 11.5 Å². The smallest absolute Gasteiger partial charge is 0.254 e. The normalized spacial score (nSPS) is 14.9. The summed E-state index contributed by atoms with van der Waals surface area (Å²) in [5.74, 6) is 0.104. The number of piperidine rings is 1. The molecule has 1 fully saturated rings. The number of H-pyrrole nitrogens is 1. The van der Waals surface area contributed by atoms with Crippen LogP contribution in [0.25, 0.3) is 0 Å². The lowest BCUT2D eigenvalue weighted by Gasteiger charge is -2.31. The number of carbonyl (C=O) groups is 2. The molecule has 2 aromatic heterocycles. The first kappa shape index (κ1) is 20.1. The first-order valence-electron chi connectivity index (χ1n) is 9.29. The van der Waals surface area contributed by atoms with Crippen molar-refractivity contribution in [3.05, 3.63) is 57.1 Å². The molecule has 0 saturated carbocycles. The van der Waals surface area contributed by atoms with Gasteiger partial charge in [-0.3, -0.25) is 14.4 Å². The molecule has 3 rings (SSSR count). The minimum Gasteiger partial charge on any atom is -0.339 e. The Morgan fingerprint density at radius 1 is 1.25 bits per heavy atom. The van der Waals surface area contributed by atoms with Crippen molar-refractivity contribution >= 4 is 29.2 Å². The summed E-state index contributed by atoms with van der Waals surface area (Å²) >= 11 is 5.80. The summed E-state index contributed by atoms with van der Waals surface area (Å²) in [6.45, 7) is 4.85. The number of aromatic nitrogens is 2. The minimum atomic E-state index is -0.278. The van der Waals surface area contributed by atoms with Gasteiger partial charge in [0.15, 0.2) is 0 Å². The fourth-order valence-corrected chi connectivity index (χ4v) is 3.32. The molecule has 3 heterocycles. The maximum atomic E-state index is 12.8. The van der Waals surface area contributed by atoms with Gasteiger partial charge in [-0.15, -0.1) is 0 Å². The average Bonchev–Trinajstić information content (AvgIpc) is 2.68. The Morgan fingerprint density at radius 3 is 2.57 bits per heavy atom. The number of anilines is 1. The molecule has 0 aliphatic carbocycles. The van der Waals surface area contributed by atoms with E-state index in [2.05, 4.69) is 15.3 Å². The predicted molar refractivity (Wildman–Crippen MR) is 108 cm³/mol. The van der Waals surface area contributed by atoms with Crippen molar-refractivity contribution in [3.63, 3.8) is 0 Å². The molecule has 0 aromatic carbocycles. The molecule has 1 aliphatic heterocycles. The standard InChI is InChI=1S/C20H23ClN4O3/c1-12(2)16-9-14(10-18(26)23-16)20(28)25-7-5-13(6-8-25)19(27)24-17-4-3-15(21)11-22-17/h3-4,9-13H,5-8H2,1-2H3,(H,23,26)(H,22,24,27). The van der Waals surface area contributed by atoms with E-state index in [0.29, 0.717) is 42.3 Å². The zero-order valence-corrected chi connectivity index (χ0v) is 16.6. The van der Waals surface area contributed by atoms with Crippen LogP contribution in [0.4, 0.5) is 5.82 Å². The van der Waals surface area contributed by atoms with E-state index >= 15 is 0 Å². The number of nitrogens with zero attached hydrogens (tertiary/aromatic N) is 2. The number of likely N-dealkylation sites (tertiary alicyclic amines) is 1. The van der Waals surface area contributed by atoms with E-state index in [1.165, 1.54) is 12.3 Å². The van der Waals surface area contributed by atoms with E-state index in [1.807, 2.05) is 13.8 Å². The van der Waals surface area contributed by atoms with Crippen LogP contribution in [-0.2, 0) is 4.79 Å². The fourth-order valence-electron chi connectivity index (χ4n) is 3.20. The highest BCUT2D eigenvalue weighted by molar-refractivity contribution is 6.30. The Kier molecular flexibility index (Phi) is 6.14. The summed E-state index contributed by atoms with van der Waals surface area (Å²) in [7, 11) is 0. The molecule has 0 spiro atoms. The van der Waals surface area contributed by atoms with E-state index < -0.39 is 0 Å². The molecule has 2 aromatic rings. The number of amides is 2. The Hall–Kier alpha value is -2.67. The van der Waals surface area contributed by atoms with E-state index in [4.69, 9.17) is 11.6 Å². The molecule has 0 atom stereocenters. The van der Waals surface area contributed by atoms with E-state index in [0.717, 1.165) is 5.69 Å². The third-order valence-electron chi connectivity index (χ3n) is 4.87. The lowest BCUT2D eigenvalue weighted by Crippen LogP contribution is -2.41. The molecule has 0 unspecified atom stereocenters. The van der Waals surface area contributed by atoms with Crippen LogP contribution >= 0.6 is 11.6 Å². The van der Waals surface area contributed by atoms with Crippen molar-refractivity contribution in [1.29, 1.82) is 0 Å². The summed E-state index contributed by atoms with van der Waals surface area (Å²) in [5.41, 5.74) is 0.848. The Labute approximate surface area is 168 Å². The molecule has 7 nitrogen and oxygen atoms in total. The highest BCUT2D eigenvalue weighted by Crippen LogP contribution is 2.21. The molecule has 1 saturated heterocycles. The molecule has 0 bridgehead atoms. The maximum Gasteiger partial charge on any atom is 0.254 e. The van der Waals surface area contributed by atoms with Gasteiger partial charge < -0.3 is 15.2 Å². The number of hydrogen-bond acceptors (Lipinski definition) is 4. The largest absolute Gasteiger partial charge is 0.339 e. The molecular formula is C20H23ClN4O3. The molecular weight excluding hydrogens is 380 g/mol. The van der Waals surface area contributed by atoms with Gasteiger partial charge in [0.25, 0.3) is 5.91 Å². The van der Waals surface area contributed by atoms with E-state index in [-0.39, 0.29) is 29.2 Å². The molecule has 2 amide bonds. The minimum absolute atomic E-state index is 0.111. The van der Waals surface area contributed by atoms with Crippen LogP contribution in [-0.4, -0.2) is 39.8 Å². The Bertz CT molecular complexity index is 916. The highest BCUT2D eigenvalue weighted by atomic mass is 35.5. The summed E-state index contributed by atoms with van der Waals surface area (Å²) in [6, 6.07) is 6.38. The lowest BCUT2D eigenvalue weighted by molar-refractivity contribution is -0.121. The van der Waals surface area contributed by atoms with Gasteiger partial charge >= 0.3 is 0 Å². The second-order valence-corrected chi connectivity index (χ2v) is 7.70. The summed E-state index contributed by atoms with van der Waals surface area (Å²) in [4.78, 5) is 45.6. The second kappa shape index (κ2) is 8.56. The Morgan fingerprint density at radius 2 is 1.96 bits per heavy atom. The number of nitrogens with one attached hydrogen (secondary N) is 2. The van der Waals surface area contributed by atoms with Crippen molar-refractivity contribution in [1.82, 2.24) is 14.9 Å². The first-order valence-corrected chi connectivity index (χ1v) is 9.67. The Balaban J connectivity index is 1.60. The van der Waals surface area contributed by atoms with Crippen molar-refractivity contribution in [2.75, 3.05) is 18.4 Å². The van der Waals surface area contributed by atoms with Gasteiger partial charge in [-0.05, 0) is 37.0 Å². The maximum absolute atomic E-state index is 12.8. The average molecular weight is 403 g/mol. The van der Waals surface area contributed by atoms with Crippen LogP contribution in [0.3, 0.4) is 0 Å². The molecule has 1 aliphatic rings. The predicted octanol–water partition coefficient (Wildman–Crippen LogP) is 3.04. The number of hydrogen-bond donors (Lipinski definition) is 2. The first-order chi connectivity index (χ1) is 13.3. The number of rotatable bonds is 4. The topological polar surface area (TPSA) is 95.2 Å². The highest BCUT2D eigenvalue weighted by Gasteiger charge is 2.28. The van der Waals surface area contributed by atoms with Crippen LogP contribution in [0.5, 0.6) is 0 Å². The van der Waals surface area contributed by atoms with Crippen LogP contribution in [0.15, 0.2) is 35.3 Å². The molecule has 0 radical (unpaired) electrons. The van der Waals surface area contributed by atoms with E-state index in [1.54, 1.807) is 23.1 Å². The molecule has 8 heteroatoms. The van der Waals surface area contributed by atoms with Crippen LogP contribution in [0.2, 0.25) is 5.02 Å². The second-order valence-electron chi connectivity index (χ2n) is 7.26. The number of pyridine rings is 2. The van der Waals surface area contributed by atoms with Gasteiger partial charge in [-0.1, -0.05) is 25.4 Å². The van der Waals surface area contributed by atoms with Gasteiger partial charge in [-0.2, -0.15) is 0 Å². The van der Waals surface area contributed by atoms with Gasteiger partial charge in [0.1, 0.15) is 5.82 Å². The third kappa shape index (κ3) is 4.78. The zero-order chi connectivity index (χ0) is 20.3. The van der Waals surface area contributed by atoms with Crippen molar-refractivity contribution in [2.45, 2.75) is 32.6 Å². The van der Waals surface area contributed by atoms with Crippen LogP contribution in [0.1, 0.15) is 48.7 Å². The number of halogens is 1. The molecule has 2 N–H and O–H groups in total. The quantitative estimate of drug-likeness (QED) is 0.821. The van der Waals surface area contributed by atoms with Crippen LogP contribution < -0.4 is 10.9 Å². The van der Waals surface area contributed by atoms with Gasteiger partial charge in [0, 0.05) is 42.5 Å². The van der Waals surface area contributed by atoms with Crippen molar-refractivity contribution < 1.29 is 9.59 Å². The SMILES string of the molecule is CC(C)c1cc(C(=O)N2CCC(C(=O)Nc3ccc(Cl)cn3)CC2)cc(=O)[nH]1. The number of aromatic amines is 1. The molecule has 28 heavy (non-hydrogen) atoms. The van der Waals surface area contributed by atoms with Gasteiger partial charge in [-0.25, -0.2) is 4.98 Å². The fraction of sp³-hybridized carbons (Fsp3) is 0.400. The number of carbonyl (C=O) groups excluding carboxylic acids is 2. The summed E-state index contributed by atoms with van der Waals surface area (Å²) in [5, 5.41) is 3.29. The zero-order valence-electron chi connectivity index (χ0n) is 15.9. The molecule has 148 valence electrons. The van der Waals surface area contributed by atoms with Crippen molar-refractivity contribution in [2.24, 2.45) is 5.92 Å². The van der Waals surface area contributed by atoms with E-state index in [9.17, 15) is 14.4 Å².